The lowest BCUT2D eigenvalue weighted by Crippen LogP contribution is -2.27. The zero-order valence-electron chi connectivity index (χ0n) is 14.4. The number of nitrogen functional groups attached to an aromatic ring is 1. The Hall–Kier alpha value is -2.89. The summed E-state index contributed by atoms with van der Waals surface area (Å²) < 4.78 is 0. The number of nitrogens with two attached hydrogens (primary N) is 1. The second kappa shape index (κ2) is 5.96. The predicted molar refractivity (Wildman–Crippen MR) is 99.6 cm³/mol. The minimum Gasteiger partial charge on any atom is -0.393 e. The van der Waals surface area contributed by atoms with Crippen molar-refractivity contribution in [3.63, 3.8) is 0 Å². The number of aryl methyl sites for hydroxylation is 1. The molecule has 2 aromatic heterocycles. The van der Waals surface area contributed by atoms with Crippen LogP contribution >= 0.6 is 0 Å². The van der Waals surface area contributed by atoms with E-state index in [1.165, 1.54) is 6.33 Å². The van der Waals surface area contributed by atoms with Crippen molar-refractivity contribution in [2.45, 2.75) is 33.2 Å². The molecule has 24 heavy (non-hydrogen) atoms. The second-order valence-electron chi connectivity index (χ2n) is 6.81. The fourth-order valence-electron chi connectivity index (χ4n) is 2.44. The van der Waals surface area contributed by atoms with Gasteiger partial charge >= 0.3 is 0 Å². The number of rotatable bonds is 3. The highest BCUT2D eigenvalue weighted by atomic mass is 15.1. The van der Waals surface area contributed by atoms with Gasteiger partial charge in [-0.3, -0.25) is 4.98 Å². The summed E-state index contributed by atoms with van der Waals surface area (Å²) in [5.74, 6) is 1.19. The molecule has 6 nitrogen and oxygen atoms in total. The minimum absolute atomic E-state index is 0.138. The fraction of sp³-hybridized carbons (Fsp3) is 0.278. The third kappa shape index (κ3) is 3.37. The molecule has 6 heteroatoms. The van der Waals surface area contributed by atoms with E-state index in [2.05, 4.69) is 46.4 Å². The third-order valence-corrected chi connectivity index (χ3v) is 3.50. The molecule has 124 valence electrons. The van der Waals surface area contributed by atoms with Crippen LogP contribution in [-0.2, 0) is 0 Å². The molecule has 0 aliphatic heterocycles. The predicted octanol–water partition coefficient (Wildman–Crippen LogP) is 3.87. The smallest absolute Gasteiger partial charge is 0.159 e. The van der Waals surface area contributed by atoms with Gasteiger partial charge in [0.1, 0.15) is 12.0 Å². The van der Waals surface area contributed by atoms with Gasteiger partial charge in [-0.15, -0.1) is 0 Å². The Morgan fingerprint density at radius 1 is 1.00 bits per heavy atom. The molecule has 3 rings (SSSR count). The average Bonchev–Trinajstić information content (AvgIpc) is 2.50. The zero-order valence-corrected chi connectivity index (χ0v) is 14.4. The summed E-state index contributed by atoms with van der Waals surface area (Å²) in [4.78, 5) is 13.1. The van der Waals surface area contributed by atoms with E-state index in [1.54, 1.807) is 0 Å². The fourth-order valence-corrected chi connectivity index (χ4v) is 2.44. The Morgan fingerprint density at radius 3 is 2.50 bits per heavy atom. The number of hydrogen-bond donors (Lipinski definition) is 3. The van der Waals surface area contributed by atoms with Crippen LogP contribution in [0, 0.1) is 6.92 Å². The second-order valence-corrected chi connectivity index (χ2v) is 6.81. The first kappa shape index (κ1) is 16.0. The van der Waals surface area contributed by atoms with Crippen LogP contribution in [0.1, 0.15) is 26.5 Å². The highest BCUT2D eigenvalue weighted by Crippen LogP contribution is 2.30. The molecule has 1 aromatic carbocycles. The maximum atomic E-state index is 6.24. The van der Waals surface area contributed by atoms with Crippen LogP contribution < -0.4 is 16.4 Å². The van der Waals surface area contributed by atoms with E-state index in [1.807, 2.05) is 37.3 Å². The lowest BCUT2D eigenvalue weighted by molar-refractivity contribution is 0.630. The standard InChI is InChI=1S/C18H22N6/c1-11-8-9-12-13(22-11)6-5-7-14(12)23-16-15(19)17(21-10-20-16)24-18(2,3)4/h5-10H,19H2,1-4H3,(H2,20,21,23,24). The van der Waals surface area contributed by atoms with Gasteiger partial charge in [-0.05, 0) is 52.0 Å². The lowest BCUT2D eigenvalue weighted by atomic mass is 10.1. The molecule has 0 bridgehead atoms. The molecule has 0 atom stereocenters. The summed E-state index contributed by atoms with van der Waals surface area (Å²) in [6.07, 6.45) is 1.50. The number of aromatic nitrogens is 3. The molecule has 2 heterocycles. The molecule has 0 saturated heterocycles. The van der Waals surface area contributed by atoms with Gasteiger partial charge in [-0.1, -0.05) is 6.07 Å². The first-order valence-corrected chi connectivity index (χ1v) is 7.85. The molecule has 0 aliphatic rings. The van der Waals surface area contributed by atoms with E-state index in [0.717, 1.165) is 22.3 Å². The van der Waals surface area contributed by atoms with Crippen molar-refractivity contribution >= 4 is 33.9 Å². The normalized spacial score (nSPS) is 11.5. The average molecular weight is 322 g/mol. The van der Waals surface area contributed by atoms with E-state index in [-0.39, 0.29) is 5.54 Å². The molecule has 0 spiro atoms. The SMILES string of the molecule is Cc1ccc2c(Nc3ncnc(NC(C)(C)C)c3N)cccc2n1. The van der Waals surface area contributed by atoms with Crippen molar-refractivity contribution in [1.29, 1.82) is 0 Å². The maximum Gasteiger partial charge on any atom is 0.159 e. The monoisotopic (exact) mass is 322 g/mol. The molecule has 0 saturated carbocycles. The van der Waals surface area contributed by atoms with Crippen LogP contribution in [-0.4, -0.2) is 20.5 Å². The molecular formula is C18H22N6. The Morgan fingerprint density at radius 2 is 1.75 bits per heavy atom. The lowest BCUT2D eigenvalue weighted by Gasteiger charge is -2.23. The minimum atomic E-state index is -0.138. The van der Waals surface area contributed by atoms with Gasteiger partial charge in [0.25, 0.3) is 0 Å². The topological polar surface area (TPSA) is 88.8 Å². The first-order chi connectivity index (χ1) is 11.3. The molecule has 0 amide bonds. The van der Waals surface area contributed by atoms with Crippen LogP contribution in [0.15, 0.2) is 36.7 Å². The summed E-state index contributed by atoms with van der Waals surface area (Å²) >= 11 is 0. The van der Waals surface area contributed by atoms with Gasteiger partial charge in [-0.25, -0.2) is 9.97 Å². The van der Waals surface area contributed by atoms with Crippen molar-refractivity contribution in [3.8, 4) is 0 Å². The summed E-state index contributed by atoms with van der Waals surface area (Å²) in [6, 6.07) is 9.97. The molecular weight excluding hydrogens is 300 g/mol. The van der Waals surface area contributed by atoms with E-state index >= 15 is 0 Å². The van der Waals surface area contributed by atoms with Gasteiger partial charge in [0.05, 0.1) is 5.52 Å². The van der Waals surface area contributed by atoms with Gasteiger partial charge < -0.3 is 16.4 Å². The summed E-state index contributed by atoms with van der Waals surface area (Å²) in [6.45, 7) is 8.15. The Balaban J connectivity index is 1.99. The van der Waals surface area contributed by atoms with Gasteiger partial charge in [-0.2, -0.15) is 0 Å². The maximum absolute atomic E-state index is 6.24. The van der Waals surface area contributed by atoms with Crippen LogP contribution in [0.5, 0.6) is 0 Å². The first-order valence-electron chi connectivity index (χ1n) is 7.85. The highest BCUT2D eigenvalue weighted by molar-refractivity contribution is 5.94. The zero-order chi connectivity index (χ0) is 17.3. The van der Waals surface area contributed by atoms with Crippen LogP contribution in [0.25, 0.3) is 10.9 Å². The number of nitrogens with zero attached hydrogens (tertiary/aromatic N) is 3. The van der Waals surface area contributed by atoms with Crippen molar-refractivity contribution in [3.05, 3.63) is 42.4 Å². The highest BCUT2D eigenvalue weighted by Gasteiger charge is 2.15. The summed E-state index contributed by atoms with van der Waals surface area (Å²) in [5.41, 5.74) is 9.42. The van der Waals surface area contributed by atoms with Crippen LogP contribution in [0.2, 0.25) is 0 Å². The summed E-state index contributed by atoms with van der Waals surface area (Å²) in [7, 11) is 0. The number of hydrogen-bond acceptors (Lipinski definition) is 6. The van der Waals surface area contributed by atoms with Gasteiger partial charge in [0, 0.05) is 22.3 Å². The van der Waals surface area contributed by atoms with Crippen LogP contribution in [0.4, 0.5) is 23.0 Å². The Labute approximate surface area is 141 Å². The molecule has 0 unspecified atom stereocenters. The van der Waals surface area contributed by atoms with Crippen molar-refractivity contribution in [1.82, 2.24) is 15.0 Å². The number of anilines is 4. The van der Waals surface area contributed by atoms with Crippen molar-refractivity contribution < 1.29 is 0 Å². The van der Waals surface area contributed by atoms with Crippen molar-refractivity contribution in [2.75, 3.05) is 16.4 Å². The Bertz CT molecular complexity index is 882. The van der Waals surface area contributed by atoms with Gasteiger partial charge in [0.2, 0.25) is 0 Å². The molecule has 4 N–H and O–H groups in total. The van der Waals surface area contributed by atoms with E-state index in [4.69, 9.17) is 5.73 Å². The Kier molecular flexibility index (Phi) is 3.97. The number of nitrogens with one attached hydrogen (secondary N) is 2. The van der Waals surface area contributed by atoms with E-state index in [9.17, 15) is 0 Å². The summed E-state index contributed by atoms with van der Waals surface area (Å²) in [5, 5.41) is 7.62. The number of benzene rings is 1. The molecule has 0 aliphatic carbocycles. The largest absolute Gasteiger partial charge is 0.393 e. The number of fused-ring (bicyclic) bond motifs is 1. The number of pyridine rings is 1. The molecule has 0 radical (unpaired) electrons. The third-order valence-electron chi connectivity index (χ3n) is 3.50. The quantitative estimate of drug-likeness (QED) is 0.678. The van der Waals surface area contributed by atoms with Crippen molar-refractivity contribution in [2.24, 2.45) is 0 Å². The van der Waals surface area contributed by atoms with Gasteiger partial charge in [0.15, 0.2) is 11.6 Å². The van der Waals surface area contributed by atoms with E-state index < -0.39 is 0 Å². The molecule has 3 aromatic rings. The van der Waals surface area contributed by atoms with E-state index in [0.29, 0.717) is 17.3 Å². The van der Waals surface area contributed by atoms with Crippen LogP contribution in [0.3, 0.4) is 0 Å². The molecule has 0 fully saturated rings.